The second-order valence-electron chi connectivity index (χ2n) is 4.24. The van der Waals surface area contributed by atoms with Gasteiger partial charge in [-0.15, -0.1) is 0 Å². The van der Waals surface area contributed by atoms with Crippen molar-refractivity contribution in [2.24, 2.45) is 5.92 Å². The summed E-state index contributed by atoms with van der Waals surface area (Å²) in [6.45, 7) is -0.0512. The molecular formula is C10H18O3. The van der Waals surface area contributed by atoms with Gasteiger partial charge >= 0.3 is 0 Å². The van der Waals surface area contributed by atoms with E-state index in [1.165, 1.54) is 25.7 Å². The lowest BCUT2D eigenvalue weighted by molar-refractivity contribution is -0.0371. The Morgan fingerprint density at radius 2 is 1.92 bits per heavy atom. The normalized spacial score (nSPS) is 41.5. The Hall–Kier alpha value is -0.120. The topological polar surface area (TPSA) is 49.7 Å². The number of rotatable bonds is 2. The molecule has 3 nitrogen and oxygen atoms in total. The van der Waals surface area contributed by atoms with E-state index in [2.05, 4.69) is 0 Å². The molecule has 2 rings (SSSR count). The molecule has 13 heavy (non-hydrogen) atoms. The molecule has 0 aromatic carbocycles. The summed E-state index contributed by atoms with van der Waals surface area (Å²) < 4.78 is 5.61. The Labute approximate surface area is 78.7 Å². The van der Waals surface area contributed by atoms with Gasteiger partial charge in [0.15, 0.2) is 0 Å². The molecule has 0 spiro atoms. The monoisotopic (exact) mass is 186 g/mol. The number of hydrogen-bond acceptors (Lipinski definition) is 3. The fraction of sp³-hybridized carbons (Fsp3) is 1.00. The molecule has 1 heterocycles. The first-order valence-electron chi connectivity index (χ1n) is 5.25. The molecule has 76 valence electrons. The van der Waals surface area contributed by atoms with Crippen molar-refractivity contribution in [2.45, 2.75) is 50.4 Å². The van der Waals surface area contributed by atoms with Crippen molar-refractivity contribution >= 4 is 0 Å². The van der Waals surface area contributed by atoms with Gasteiger partial charge in [-0.05, 0) is 18.8 Å². The first kappa shape index (κ1) is 9.44. The lowest BCUT2D eigenvalue weighted by atomic mass is 9.97. The molecule has 2 aliphatic rings. The van der Waals surface area contributed by atoms with Crippen LogP contribution in [0.1, 0.15) is 32.1 Å². The van der Waals surface area contributed by atoms with Crippen molar-refractivity contribution < 1.29 is 14.9 Å². The zero-order valence-corrected chi connectivity index (χ0v) is 7.85. The third-order valence-electron chi connectivity index (χ3n) is 3.36. The molecule has 1 saturated heterocycles. The number of aliphatic hydroxyl groups is 2. The lowest BCUT2D eigenvalue weighted by Crippen LogP contribution is -2.25. The van der Waals surface area contributed by atoms with Crippen LogP contribution >= 0.6 is 0 Å². The number of ether oxygens (including phenoxy) is 1. The smallest absolute Gasteiger partial charge is 0.107 e. The van der Waals surface area contributed by atoms with Crippen molar-refractivity contribution in [3.05, 3.63) is 0 Å². The van der Waals surface area contributed by atoms with Crippen LogP contribution in [0, 0.1) is 5.92 Å². The van der Waals surface area contributed by atoms with E-state index in [4.69, 9.17) is 9.84 Å². The van der Waals surface area contributed by atoms with Gasteiger partial charge in [0.05, 0.1) is 18.8 Å². The zero-order chi connectivity index (χ0) is 9.26. The van der Waals surface area contributed by atoms with Gasteiger partial charge in [-0.3, -0.25) is 0 Å². The average molecular weight is 186 g/mol. The van der Waals surface area contributed by atoms with Crippen LogP contribution in [0.15, 0.2) is 0 Å². The minimum absolute atomic E-state index is 0.0512. The van der Waals surface area contributed by atoms with Crippen LogP contribution in [-0.4, -0.2) is 35.1 Å². The SMILES string of the molecule is OCC1OC(C2CCCC2)CC1O. The van der Waals surface area contributed by atoms with E-state index in [0.717, 1.165) is 6.42 Å². The van der Waals surface area contributed by atoms with Crippen molar-refractivity contribution in [1.82, 2.24) is 0 Å². The first-order valence-corrected chi connectivity index (χ1v) is 5.25. The standard InChI is InChI=1S/C10H18O3/c11-6-10-8(12)5-9(13-10)7-3-1-2-4-7/h7-12H,1-6H2. The average Bonchev–Trinajstić information content (AvgIpc) is 2.71. The molecule has 0 bridgehead atoms. The van der Waals surface area contributed by atoms with Gasteiger partial charge in [0.25, 0.3) is 0 Å². The van der Waals surface area contributed by atoms with Crippen LogP contribution in [0.5, 0.6) is 0 Å². The van der Waals surface area contributed by atoms with Crippen LogP contribution in [0.3, 0.4) is 0 Å². The summed E-state index contributed by atoms with van der Waals surface area (Å²) in [6, 6.07) is 0. The summed E-state index contributed by atoms with van der Waals surface area (Å²) in [6.07, 6.45) is 5.20. The fourth-order valence-electron chi connectivity index (χ4n) is 2.56. The molecule has 1 aliphatic heterocycles. The predicted octanol–water partition coefficient (Wildman–Crippen LogP) is 0.687. The van der Waals surface area contributed by atoms with Crippen molar-refractivity contribution in [3.8, 4) is 0 Å². The second kappa shape index (κ2) is 3.95. The molecule has 0 radical (unpaired) electrons. The van der Waals surface area contributed by atoms with Crippen LogP contribution in [0.25, 0.3) is 0 Å². The minimum Gasteiger partial charge on any atom is -0.394 e. The quantitative estimate of drug-likeness (QED) is 0.667. The highest BCUT2D eigenvalue weighted by Crippen LogP contribution is 2.35. The van der Waals surface area contributed by atoms with Crippen LogP contribution in [-0.2, 0) is 4.74 Å². The third kappa shape index (κ3) is 1.87. The van der Waals surface area contributed by atoms with Crippen molar-refractivity contribution in [1.29, 1.82) is 0 Å². The molecule has 1 aliphatic carbocycles. The fourth-order valence-corrected chi connectivity index (χ4v) is 2.56. The Bertz CT molecular complexity index is 166. The Morgan fingerprint density at radius 1 is 1.23 bits per heavy atom. The van der Waals surface area contributed by atoms with Gasteiger partial charge in [-0.2, -0.15) is 0 Å². The largest absolute Gasteiger partial charge is 0.394 e. The van der Waals surface area contributed by atoms with Crippen LogP contribution in [0.2, 0.25) is 0 Å². The molecule has 0 amide bonds. The lowest BCUT2D eigenvalue weighted by Gasteiger charge is -2.17. The molecule has 2 N–H and O–H groups in total. The summed E-state index contributed by atoms with van der Waals surface area (Å²) in [5.74, 6) is 0.631. The maximum atomic E-state index is 9.53. The molecule has 3 heteroatoms. The van der Waals surface area contributed by atoms with E-state index >= 15 is 0 Å². The van der Waals surface area contributed by atoms with Gasteiger partial charge in [0.1, 0.15) is 6.10 Å². The summed E-state index contributed by atoms with van der Waals surface area (Å²) >= 11 is 0. The summed E-state index contributed by atoms with van der Waals surface area (Å²) in [5.41, 5.74) is 0. The van der Waals surface area contributed by atoms with E-state index in [-0.39, 0.29) is 18.8 Å². The summed E-state index contributed by atoms with van der Waals surface area (Å²) in [5, 5.41) is 18.4. The second-order valence-corrected chi connectivity index (χ2v) is 4.24. The van der Waals surface area contributed by atoms with E-state index < -0.39 is 6.10 Å². The molecular weight excluding hydrogens is 168 g/mol. The first-order chi connectivity index (χ1) is 6.31. The summed E-state index contributed by atoms with van der Waals surface area (Å²) in [4.78, 5) is 0. The molecule has 0 aromatic rings. The maximum Gasteiger partial charge on any atom is 0.107 e. The highest BCUT2D eigenvalue weighted by molar-refractivity contribution is 4.87. The number of hydrogen-bond donors (Lipinski definition) is 2. The van der Waals surface area contributed by atoms with Gasteiger partial charge in [0.2, 0.25) is 0 Å². The minimum atomic E-state index is -0.449. The van der Waals surface area contributed by atoms with Gasteiger partial charge in [-0.25, -0.2) is 0 Å². The highest BCUT2D eigenvalue weighted by atomic mass is 16.5. The van der Waals surface area contributed by atoms with E-state index in [1.807, 2.05) is 0 Å². The van der Waals surface area contributed by atoms with Crippen LogP contribution < -0.4 is 0 Å². The van der Waals surface area contributed by atoms with Crippen LogP contribution in [0.4, 0.5) is 0 Å². The molecule has 1 saturated carbocycles. The zero-order valence-electron chi connectivity index (χ0n) is 7.85. The Kier molecular flexibility index (Phi) is 2.86. The van der Waals surface area contributed by atoms with Gasteiger partial charge in [0, 0.05) is 6.42 Å². The maximum absolute atomic E-state index is 9.53. The van der Waals surface area contributed by atoms with Gasteiger partial charge < -0.3 is 14.9 Å². The van der Waals surface area contributed by atoms with Crippen molar-refractivity contribution in [2.75, 3.05) is 6.61 Å². The summed E-state index contributed by atoms with van der Waals surface area (Å²) in [7, 11) is 0. The molecule has 0 aromatic heterocycles. The van der Waals surface area contributed by atoms with Crippen molar-refractivity contribution in [3.63, 3.8) is 0 Å². The molecule has 2 fully saturated rings. The van der Waals surface area contributed by atoms with E-state index in [0.29, 0.717) is 5.92 Å². The van der Waals surface area contributed by atoms with Gasteiger partial charge in [-0.1, -0.05) is 12.8 Å². The van der Waals surface area contributed by atoms with E-state index in [1.54, 1.807) is 0 Å². The molecule has 3 atom stereocenters. The van der Waals surface area contributed by atoms with E-state index in [9.17, 15) is 5.11 Å². The molecule has 3 unspecified atom stereocenters. The third-order valence-corrected chi connectivity index (χ3v) is 3.36. The predicted molar refractivity (Wildman–Crippen MR) is 48.3 cm³/mol. The highest BCUT2D eigenvalue weighted by Gasteiger charge is 2.38. The Balaban J connectivity index is 1.88. The Morgan fingerprint density at radius 3 is 2.46 bits per heavy atom. The number of aliphatic hydroxyl groups excluding tert-OH is 2.